The van der Waals surface area contributed by atoms with Gasteiger partial charge in [0.15, 0.2) is 0 Å². The summed E-state index contributed by atoms with van der Waals surface area (Å²) in [5.41, 5.74) is 2.01. The Morgan fingerprint density at radius 3 is 2.78 bits per heavy atom. The average Bonchev–Trinajstić information content (AvgIpc) is 2.68. The van der Waals surface area contributed by atoms with Crippen molar-refractivity contribution in [3.8, 4) is 5.75 Å². The number of hydrogen-bond acceptors (Lipinski definition) is 2. The first-order valence-electron chi connectivity index (χ1n) is 6.34. The van der Waals surface area contributed by atoms with E-state index in [0.29, 0.717) is 18.4 Å². The number of benzene rings is 1. The number of fused-ring (bicyclic) bond motifs is 1. The molecule has 18 heavy (non-hydrogen) atoms. The summed E-state index contributed by atoms with van der Waals surface area (Å²) >= 11 is 5.99. The highest BCUT2D eigenvalue weighted by molar-refractivity contribution is 6.16. The molecule has 0 bridgehead atoms. The van der Waals surface area contributed by atoms with Crippen LogP contribution in [0.2, 0.25) is 0 Å². The van der Waals surface area contributed by atoms with Crippen molar-refractivity contribution in [3.63, 3.8) is 0 Å². The molecule has 0 fully saturated rings. The van der Waals surface area contributed by atoms with Crippen molar-refractivity contribution in [2.45, 2.75) is 33.2 Å². The van der Waals surface area contributed by atoms with Gasteiger partial charge >= 0.3 is 0 Å². The first-order valence-corrected chi connectivity index (χ1v) is 6.87. The van der Waals surface area contributed by atoms with Crippen LogP contribution in [0, 0.1) is 5.92 Å². The second kappa shape index (κ2) is 5.61. The molecule has 0 saturated heterocycles. The molecule has 1 aromatic heterocycles. The van der Waals surface area contributed by atoms with Gasteiger partial charge in [0.05, 0.1) is 18.0 Å². The fourth-order valence-corrected chi connectivity index (χ4v) is 2.32. The van der Waals surface area contributed by atoms with Crippen molar-refractivity contribution >= 4 is 22.6 Å². The van der Waals surface area contributed by atoms with Crippen LogP contribution in [0.1, 0.15) is 26.6 Å². The van der Waals surface area contributed by atoms with Gasteiger partial charge in [-0.2, -0.15) is 0 Å². The average molecular weight is 267 g/mol. The second-order valence-electron chi connectivity index (χ2n) is 4.72. The Balaban J connectivity index is 2.57. The molecule has 0 amide bonds. The van der Waals surface area contributed by atoms with Crippen LogP contribution in [-0.2, 0) is 12.4 Å². The molecule has 0 atom stereocenters. The Bertz CT molecular complexity index is 534. The zero-order valence-electron chi connectivity index (χ0n) is 11.1. The summed E-state index contributed by atoms with van der Waals surface area (Å²) in [4.78, 5) is 4.61. The molecule has 2 aromatic rings. The molecule has 1 heterocycles. The second-order valence-corrected chi connectivity index (χ2v) is 4.99. The summed E-state index contributed by atoms with van der Waals surface area (Å²) in [5.74, 6) is 2.73. The van der Waals surface area contributed by atoms with Gasteiger partial charge in [-0.25, -0.2) is 4.98 Å². The van der Waals surface area contributed by atoms with Crippen molar-refractivity contribution in [2.24, 2.45) is 5.92 Å². The van der Waals surface area contributed by atoms with Gasteiger partial charge in [0.2, 0.25) is 0 Å². The molecule has 0 aliphatic carbocycles. The summed E-state index contributed by atoms with van der Waals surface area (Å²) in [6.07, 6.45) is 0. The van der Waals surface area contributed by atoms with E-state index in [1.807, 2.05) is 19.1 Å². The van der Waals surface area contributed by atoms with Gasteiger partial charge in [-0.15, -0.1) is 11.6 Å². The van der Waals surface area contributed by atoms with E-state index in [1.165, 1.54) is 0 Å². The third-order valence-electron chi connectivity index (χ3n) is 2.79. The number of halogens is 1. The number of ether oxygens (including phenoxy) is 1. The Hall–Kier alpha value is -1.22. The molecule has 98 valence electrons. The molecule has 3 nitrogen and oxygen atoms in total. The Labute approximate surface area is 113 Å². The lowest BCUT2D eigenvalue weighted by atomic mass is 10.2. The monoisotopic (exact) mass is 266 g/mol. The van der Waals surface area contributed by atoms with E-state index in [9.17, 15) is 0 Å². The summed E-state index contributed by atoms with van der Waals surface area (Å²) < 4.78 is 7.81. The molecule has 0 saturated carbocycles. The highest BCUT2D eigenvalue weighted by Gasteiger charge is 2.14. The van der Waals surface area contributed by atoms with E-state index in [0.717, 1.165) is 29.2 Å². The molecular weight excluding hydrogens is 248 g/mol. The first-order chi connectivity index (χ1) is 8.67. The molecule has 2 rings (SSSR count). The molecule has 1 aromatic carbocycles. The third kappa shape index (κ3) is 2.46. The quantitative estimate of drug-likeness (QED) is 0.769. The summed E-state index contributed by atoms with van der Waals surface area (Å²) in [7, 11) is 0. The smallest absolute Gasteiger partial charge is 0.147 e. The molecule has 0 spiro atoms. The number of rotatable bonds is 5. The van der Waals surface area contributed by atoms with Gasteiger partial charge in [0.1, 0.15) is 17.1 Å². The Morgan fingerprint density at radius 2 is 2.17 bits per heavy atom. The molecule has 0 aliphatic rings. The van der Waals surface area contributed by atoms with Gasteiger partial charge in [-0.1, -0.05) is 19.9 Å². The van der Waals surface area contributed by atoms with Crippen LogP contribution >= 0.6 is 11.6 Å². The van der Waals surface area contributed by atoms with E-state index in [2.05, 4.69) is 29.5 Å². The van der Waals surface area contributed by atoms with Crippen LogP contribution in [0.3, 0.4) is 0 Å². The lowest BCUT2D eigenvalue weighted by Gasteiger charge is -2.10. The van der Waals surface area contributed by atoms with E-state index in [1.54, 1.807) is 0 Å². The van der Waals surface area contributed by atoms with E-state index in [-0.39, 0.29) is 0 Å². The minimum Gasteiger partial charge on any atom is -0.492 e. The molecule has 0 unspecified atom stereocenters. The number of hydrogen-bond donors (Lipinski definition) is 0. The van der Waals surface area contributed by atoms with Gasteiger partial charge in [0.25, 0.3) is 0 Å². The Morgan fingerprint density at radius 1 is 1.39 bits per heavy atom. The summed E-state index contributed by atoms with van der Waals surface area (Å²) in [5, 5.41) is 0. The molecule has 0 N–H and O–H groups in total. The highest BCUT2D eigenvalue weighted by Crippen LogP contribution is 2.27. The van der Waals surface area contributed by atoms with E-state index in [4.69, 9.17) is 16.3 Å². The van der Waals surface area contributed by atoms with Crippen molar-refractivity contribution in [3.05, 3.63) is 24.0 Å². The fraction of sp³-hybridized carbons (Fsp3) is 0.500. The van der Waals surface area contributed by atoms with Crippen molar-refractivity contribution < 1.29 is 4.74 Å². The van der Waals surface area contributed by atoms with Crippen LogP contribution in [0.25, 0.3) is 11.0 Å². The number of alkyl halides is 1. The zero-order chi connectivity index (χ0) is 13.1. The maximum absolute atomic E-state index is 5.99. The number of para-hydroxylation sites is 1. The van der Waals surface area contributed by atoms with Crippen molar-refractivity contribution in [1.29, 1.82) is 0 Å². The minimum atomic E-state index is 0.424. The lowest BCUT2D eigenvalue weighted by molar-refractivity contribution is 0.343. The fourth-order valence-electron chi connectivity index (χ4n) is 2.11. The predicted octanol–water partition coefficient (Wildman–Crippen LogP) is 3.83. The van der Waals surface area contributed by atoms with Crippen LogP contribution in [0.5, 0.6) is 5.75 Å². The number of aromatic nitrogens is 2. The van der Waals surface area contributed by atoms with E-state index < -0.39 is 0 Å². The van der Waals surface area contributed by atoms with Gasteiger partial charge < -0.3 is 9.30 Å². The van der Waals surface area contributed by atoms with Gasteiger partial charge in [0, 0.05) is 6.54 Å². The van der Waals surface area contributed by atoms with Crippen LogP contribution in [0.4, 0.5) is 0 Å². The maximum atomic E-state index is 5.99. The molecular formula is C14H19ClN2O. The standard InChI is InChI=1S/C14H19ClN2O/c1-4-18-12-7-5-6-11-14(12)16-13(8-15)17(11)9-10(2)3/h5-7,10H,4,8-9H2,1-3H3. The van der Waals surface area contributed by atoms with Crippen LogP contribution in [-0.4, -0.2) is 16.2 Å². The molecule has 0 radical (unpaired) electrons. The normalized spacial score (nSPS) is 11.4. The van der Waals surface area contributed by atoms with Crippen LogP contribution < -0.4 is 4.74 Å². The first kappa shape index (κ1) is 13.2. The van der Waals surface area contributed by atoms with Crippen LogP contribution in [0.15, 0.2) is 18.2 Å². The topological polar surface area (TPSA) is 27.1 Å². The van der Waals surface area contributed by atoms with Gasteiger partial charge in [-0.05, 0) is 25.0 Å². The summed E-state index contributed by atoms with van der Waals surface area (Å²) in [6.45, 7) is 7.93. The molecule has 0 aliphatic heterocycles. The Kier molecular flexibility index (Phi) is 4.12. The lowest BCUT2D eigenvalue weighted by Crippen LogP contribution is -2.07. The highest BCUT2D eigenvalue weighted by atomic mass is 35.5. The van der Waals surface area contributed by atoms with Gasteiger partial charge in [-0.3, -0.25) is 0 Å². The maximum Gasteiger partial charge on any atom is 0.147 e. The molecule has 4 heteroatoms. The largest absolute Gasteiger partial charge is 0.492 e. The predicted molar refractivity (Wildman–Crippen MR) is 75.3 cm³/mol. The SMILES string of the molecule is CCOc1cccc2c1nc(CCl)n2CC(C)C. The van der Waals surface area contributed by atoms with Crippen molar-refractivity contribution in [2.75, 3.05) is 6.61 Å². The third-order valence-corrected chi connectivity index (χ3v) is 3.03. The minimum absolute atomic E-state index is 0.424. The number of nitrogens with zero attached hydrogens (tertiary/aromatic N) is 2. The van der Waals surface area contributed by atoms with E-state index >= 15 is 0 Å². The summed E-state index contributed by atoms with van der Waals surface area (Å²) in [6, 6.07) is 6.03. The number of imidazole rings is 1. The van der Waals surface area contributed by atoms with Crippen molar-refractivity contribution in [1.82, 2.24) is 9.55 Å². The zero-order valence-corrected chi connectivity index (χ0v) is 11.9.